The molecule has 46 heavy (non-hydrogen) atoms. The number of carbonyl (C=O) groups is 2. The Morgan fingerprint density at radius 2 is 1.04 bits per heavy atom. The fraction of sp³-hybridized carbons (Fsp3) is 0.462. The Balaban J connectivity index is 0.000000250. The lowest BCUT2D eigenvalue weighted by atomic mass is 10.1. The van der Waals surface area contributed by atoms with E-state index in [1.165, 1.54) is 26.0 Å². The SMILES string of the molecule is CC(=O)N[C@@H](C)[C@H]1Cc2ccc(OS(=O)(=O)C(F)(F)F)cc2O1.CC(=O)N[C@H](C)[C@@H]1Cc2ccc(OS(=O)(=O)C(F)(F)F)cc2O1. The molecule has 0 saturated carbocycles. The molecular weight excluding hydrogens is 678 g/mol. The molecule has 0 unspecified atom stereocenters. The number of hydrogen-bond donors (Lipinski definition) is 2. The lowest BCUT2D eigenvalue weighted by molar-refractivity contribution is -0.121. The number of hydrogen-bond acceptors (Lipinski definition) is 10. The van der Waals surface area contributed by atoms with Crippen LogP contribution in [0.2, 0.25) is 0 Å². The van der Waals surface area contributed by atoms with Gasteiger partial charge in [0.25, 0.3) is 0 Å². The molecule has 2 aliphatic rings. The summed E-state index contributed by atoms with van der Waals surface area (Å²) in [6.45, 7) is 6.16. The number of benzene rings is 2. The fourth-order valence-corrected chi connectivity index (χ4v) is 5.21. The average molecular weight is 707 g/mol. The van der Waals surface area contributed by atoms with E-state index in [4.69, 9.17) is 9.47 Å². The minimum atomic E-state index is -5.73. The molecule has 20 heteroatoms. The number of carbonyl (C=O) groups excluding carboxylic acids is 2. The van der Waals surface area contributed by atoms with Crippen LogP contribution >= 0.6 is 0 Å². The second-order valence-electron chi connectivity index (χ2n) is 10.2. The van der Waals surface area contributed by atoms with E-state index in [1.54, 1.807) is 13.8 Å². The molecule has 0 radical (unpaired) electrons. The maximum absolute atomic E-state index is 12.3. The van der Waals surface area contributed by atoms with Crippen molar-refractivity contribution in [3.8, 4) is 23.0 Å². The molecule has 0 saturated heterocycles. The van der Waals surface area contributed by atoms with Gasteiger partial charge < -0.3 is 28.5 Å². The van der Waals surface area contributed by atoms with E-state index in [0.29, 0.717) is 24.0 Å². The van der Waals surface area contributed by atoms with Gasteiger partial charge in [0.2, 0.25) is 11.8 Å². The monoisotopic (exact) mass is 706 g/mol. The van der Waals surface area contributed by atoms with Gasteiger partial charge in [0.1, 0.15) is 35.2 Å². The van der Waals surface area contributed by atoms with Gasteiger partial charge in [-0.15, -0.1) is 0 Å². The van der Waals surface area contributed by atoms with Gasteiger partial charge in [-0.2, -0.15) is 43.2 Å². The van der Waals surface area contributed by atoms with Crippen molar-refractivity contribution in [3.63, 3.8) is 0 Å². The topological polar surface area (TPSA) is 163 Å². The number of ether oxygens (including phenoxy) is 2. The summed E-state index contributed by atoms with van der Waals surface area (Å²) in [7, 11) is -11.5. The van der Waals surface area contributed by atoms with Crippen molar-refractivity contribution in [3.05, 3.63) is 47.5 Å². The van der Waals surface area contributed by atoms with Crippen LogP contribution in [-0.2, 0) is 42.7 Å². The Morgan fingerprint density at radius 3 is 1.33 bits per heavy atom. The Morgan fingerprint density at radius 1 is 0.717 bits per heavy atom. The summed E-state index contributed by atoms with van der Waals surface area (Å²) in [6.07, 6.45) is 0.0679. The highest BCUT2D eigenvalue weighted by Crippen LogP contribution is 2.37. The molecule has 0 aromatic heterocycles. The second kappa shape index (κ2) is 13.4. The van der Waals surface area contributed by atoms with Crippen LogP contribution in [0, 0.1) is 0 Å². The molecule has 4 rings (SSSR count). The van der Waals surface area contributed by atoms with Crippen LogP contribution in [0.4, 0.5) is 26.3 Å². The maximum atomic E-state index is 12.3. The van der Waals surface area contributed by atoms with Crippen LogP contribution in [0.1, 0.15) is 38.8 Å². The molecule has 12 nitrogen and oxygen atoms in total. The molecule has 2 aromatic rings. The number of halogens is 6. The Bertz CT molecular complexity index is 1560. The highest BCUT2D eigenvalue weighted by Gasteiger charge is 2.49. The van der Waals surface area contributed by atoms with Crippen molar-refractivity contribution in [1.82, 2.24) is 10.6 Å². The zero-order chi connectivity index (χ0) is 34.8. The molecule has 0 spiro atoms. The smallest absolute Gasteiger partial charge is 0.488 e. The van der Waals surface area contributed by atoms with Gasteiger partial charge in [-0.05, 0) is 37.1 Å². The van der Waals surface area contributed by atoms with E-state index in [1.807, 2.05) is 0 Å². The van der Waals surface area contributed by atoms with Crippen molar-refractivity contribution in [2.24, 2.45) is 0 Å². The zero-order valence-electron chi connectivity index (χ0n) is 24.4. The van der Waals surface area contributed by atoms with Gasteiger partial charge in [0.05, 0.1) is 12.1 Å². The van der Waals surface area contributed by atoms with E-state index in [-0.39, 0.29) is 35.4 Å². The van der Waals surface area contributed by atoms with Crippen LogP contribution in [0.3, 0.4) is 0 Å². The van der Waals surface area contributed by atoms with E-state index in [0.717, 1.165) is 24.3 Å². The Hall–Kier alpha value is -3.94. The van der Waals surface area contributed by atoms with E-state index < -0.39 is 55.0 Å². The summed E-state index contributed by atoms with van der Waals surface area (Å²) in [5, 5.41) is 5.30. The van der Waals surface area contributed by atoms with Crippen molar-refractivity contribution in [2.75, 3.05) is 0 Å². The van der Waals surface area contributed by atoms with Gasteiger partial charge in [0.15, 0.2) is 0 Å². The third-order valence-corrected chi connectivity index (χ3v) is 8.39. The number of nitrogens with one attached hydrogen (secondary N) is 2. The minimum absolute atomic E-state index is 0.224. The van der Waals surface area contributed by atoms with Crippen LogP contribution in [0.15, 0.2) is 36.4 Å². The molecule has 0 aliphatic carbocycles. The predicted molar refractivity (Wildman–Crippen MR) is 147 cm³/mol. The van der Waals surface area contributed by atoms with Crippen LogP contribution in [0.25, 0.3) is 0 Å². The lowest BCUT2D eigenvalue weighted by Gasteiger charge is -2.19. The third-order valence-electron chi connectivity index (χ3n) is 6.43. The molecular formula is C26H28F6N2O10S2. The third kappa shape index (κ3) is 9.08. The number of rotatable bonds is 8. The molecule has 2 heterocycles. The van der Waals surface area contributed by atoms with Crippen LogP contribution in [-0.4, -0.2) is 64.0 Å². The summed E-state index contributed by atoms with van der Waals surface area (Å²) < 4.78 is 137. The van der Waals surface area contributed by atoms with Gasteiger partial charge in [-0.3, -0.25) is 9.59 Å². The summed E-state index contributed by atoms with van der Waals surface area (Å²) >= 11 is 0. The van der Waals surface area contributed by atoms with Gasteiger partial charge in [0, 0.05) is 38.8 Å². The summed E-state index contributed by atoms with van der Waals surface area (Å²) in [5.74, 6) is -1.01. The first kappa shape index (κ1) is 36.5. The molecule has 2 aromatic carbocycles. The summed E-state index contributed by atoms with van der Waals surface area (Å²) in [6, 6.07) is 6.63. The first-order valence-corrected chi connectivity index (χ1v) is 16.0. The van der Waals surface area contributed by atoms with Crippen molar-refractivity contribution in [1.29, 1.82) is 0 Å². The molecule has 2 N–H and O–H groups in total. The molecule has 2 amide bonds. The van der Waals surface area contributed by atoms with Gasteiger partial charge >= 0.3 is 31.3 Å². The van der Waals surface area contributed by atoms with Crippen molar-refractivity contribution < 1.29 is 70.6 Å². The lowest BCUT2D eigenvalue weighted by Crippen LogP contribution is -2.42. The van der Waals surface area contributed by atoms with Gasteiger partial charge in [-0.25, -0.2) is 0 Å². The van der Waals surface area contributed by atoms with Crippen molar-refractivity contribution in [2.45, 2.75) is 75.8 Å². The molecule has 256 valence electrons. The molecule has 0 bridgehead atoms. The maximum Gasteiger partial charge on any atom is 0.534 e. The second-order valence-corrected chi connectivity index (χ2v) is 13.3. The van der Waals surface area contributed by atoms with E-state index in [9.17, 15) is 52.8 Å². The normalized spacial score (nSPS) is 18.7. The number of alkyl halides is 6. The standard InChI is InChI=1S/2C13H14F3NO5S/c2*1-7(17-8(2)18)11-5-9-3-4-10(6-12(9)21-11)22-23(19,20)13(14,15)16/h2*3-4,6-7,11H,5H2,1-2H3,(H,17,18)/t2*7-,11+/m10/s1. The summed E-state index contributed by atoms with van der Waals surface area (Å²) in [5.41, 5.74) is -9.64. The van der Waals surface area contributed by atoms with E-state index >= 15 is 0 Å². The van der Waals surface area contributed by atoms with Crippen LogP contribution in [0.5, 0.6) is 23.0 Å². The minimum Gasteiger partial charge on any atom is -0.488 e. The molecule has 0 fully saturated rings. The number of amides is 2. The Kier molecular flexibility index (Phi) is 10.7. The quantitative estimate of drug-likeness (QED) is 0.236. The Labute approximate surface area is 259 Å². The fourth-order valence-electron chi connectivity index (χ4n) is 4.31. The average Bonchev–Trinajstić information content (AvgIpc) is 3.50. The van der Waals surface area contributed by atoms with Crippen molar-refractivity contribution >= 4 is 32.1 Å². The molecule has 2 aliphatic heterocycles. The predicted octanol–water partition coefficient (Wildman–Crippen LogP) is 3.49. The molecule has 4 atom stereocenters. The van der Waals surface area contributed by atoms with Crippen LogP contribution < -0.4 is 28.5 Å². The highest BCUT2D eigenvalue weighted by atomic mass is 32.2. The summed E-state index contributed by atoms with van der Waals surface area (Å²) in [4.78, 5) is 22.1. The largest absolute Gasteiger partial charge is 0.534 e. The number of fused-ring (bicyclic) bond motifs is 2. The first-order valence-electron chi connectivity index (χ1n) is 13.1. The zero-order valence-corrected chi connectivity index (χ0v) is 26.0. The first-order chi connectivity index (χ1) is 21.0. The highest BCUT2D eigenvalue weighted by molar-refractivity contribution is 7.88. The van der Waals surface area contributed by atoms with E-state index in [2.05, 4.69) is 19.0 Å². The van der Waals surface area contributed by atoms with Gasteiger partial charge in [-0.1, -0.05) is 12.1 Å².